The number of nitrogens with zero attached hydrogens (tertiary/aromatic N) is 2. The highest BCUT2D eigenvalue weighted by Crippen LogP contribution is 2.13. The number of aromatic nitrogens is 2. The van der Waals surface area contributed by atoms with Gasteiger partial charge in [0.1, 0.15) is 0 Å². The Morgan fingerprint density at radius 1 is 1.53 bits per heavy atom. The first-order valence-electron chi connectivity index (χ1n) is 6.22. The normalized spacial score (nSPS) is 16.8. The van der Waals surface area contributed by atoms with Crippen molar-refractivity contribution in [3.05, 3.63) is 18.2 Å². The van der Waals surface area contributed by atoms with E-state index in [9.17, 15) is 5.11 Å². The van der Waals surface area contributed by atoms with E-state index in [1.807, 2.05) is 12.5 Å². The third-order valence-electron chi connectivity index (χ3n) is 2.86. The van der Waals surface area contributed by atoms with Gasteiger partial charge >= 0.3 is 0 Å². The number of aliphatic hydroxyl groups is 1. The van der Waals surface area contributed by atoms with Crippen molar-refractivity contribution in [1.29, 1.82) is 0 Å². The molecule has 0 aliphatic rings. The molecule has 0 aliphatic carbocycles. The van der Waals surface area contributed by atoms with Crippen LogP contribution >= 0.6 is 0 Å². The number of hydrogen-bond acceptors (Lipinski definition) is 4. The number of nitrogens with one attached hydrogen (secondary N) is 1. The van der Waals surface area contributed by atoms with Gasteiger partial charge in [-0.05, 0) is 27.2 Å². The maximum Gasteiger partial charge on any atom is 0.0948 e. The van der Waals surface area contributed by atoms with Crippen LogP contribution in [0.1, 0.15) is 38.9 Å². The van der Waals surface area contributed by atoms with Crippen molar-refractivity contribution in [1.82, 2.24) is 14.9 Å². The second-order valence-electron chi connectivity index (χ2n) is 4.55. The van der Waals surface area contributed by atoms with Gasteiger partial charge in [-0.1, -0.05) is 0 Å². The topological polar surface area (TPSA) is 76.1 Å². The molecule has 0 aromatic carbocycles. The molecule has 0 fully saturated rings. The van der Waals surface area contributed by atoms with E-state index in [0.29, 0.717) is 6.54 Å². The number of imidazole rings is 1. The van der Waals surface area contributed by atoms with Gasteiger partial charge in [0.15, 0.2) is 0 Å². The Morgan fingerprint density at radius 2 is 2.24 bits per heavy atom. The van der Waals surface area contributed by atoms with Crippen LogP contribution in [0.15, 0.2) is 12.5 Å². The summed E-state index contributed by atoms with van der Waals surface area (Å²) in [7, 11) is 0. The van der Waals surface area contributed by atoms with Crippen LogP contribution in [-0.4, -0.2) is 33.3 Å². The first-order chi connectivity index (χ1) is 8.08. The Kier molecular flexibility index (Phi) is 5.61. The van der Waals surface area contributed by atoms with Gasteiger partial charge in [-0.2, -0.15) is 0 Å². The molecule has 1 heterocycles. The highest BCUT2D eigenvalue weighted by atomic mass is 16.3. The molecule has 1 rings (SSSR count). The van der Waals surface area contributed by atoms with Crippen molar-refractivity contribution >= 4 is 0 Å². The molecule has 0 saturated heterocycles. The summed E-state index contributed by atoms with van der Waals surface area (Å²) in [5, 5.41) is 12.8. The van der Waals surface area contributed by atoms with Gasteiger partial charge in [0.2, 0.25) is 0 Å². The summed E-state index contributed by atoms with van der Waals surface area (Å²) in [6.45, 7) is 7.35. The number of aryl methyl sites for hydroxylation is 1. The van der Waals surface area contributed by atoms with Gasteiger partial charge in [-0.25, -0.2) is 4.98 Å². The van der Waals surface area contributed by atoms with E-state index >= 15 is 0 Å². The lowest BCUT2D eigenvalue weighted by Crippen LogP contribution is -2.37. The lowest BCUT2D eigenvalue weighted by atomic mass is 10.1. The zero-order valence-corrected chi connectivity index (χ0v) is 10.9. The van der Waals surface area contributed by atoms with Crippen LogP contribution < -0.4 is 11.1 Å². The Labute approximate surface area is 103 Å². The fraction of sp³-hybridized carbons (Fsp3) is 0.750. The molecule has 0 spiro atoms. The van der Waals surface area contributed by atoms with Crippen LogP contribution in [0.4, 0.5) is 0 Å². The molecule has 0 amide bonds. The van der Waals surface area contributed by atoms with Crippen molar-refractivity contribution in [3.63, 3.8) is 0 Å². The summed E-state index contributed by atoms with van der Waals surface area (Å²) in [6.07, 6.45) is 4.09. The third kappa shape index (κ3) is 4.11. The van der Waals surface area contributed by atoms with Gasteiger partial charge in [-0.15, -0.1) is 0 Å². The molecule has 5 nitrogen and oxygen atoms in total. The van der Waals surface area contributed by atoms with Crippen molar-refractivity contribution in [2.45, 2.75) is 51.9 Å². The van der Waals surface area contributed by atoms with Crippen LogP contribution in [0, 0.1) is 0 Å². The number of nitrogens with two attached hydrogens (primary N) is 1. The maximum absolute atomic E-state index is 9.35. The molecule has 1 aromatic heterocycles. The fourth-order valence-electron chi connectivity index (χ4n) is 2.08. The van der Waals surface area contributed by atoms with E-state index in [0.717, 1.165) is 18.7 Å². The van der Waals surface area contributed by atoms with Crippen LogP contribution in [0.2, 0.25) is 0 Å². The second kappa shape index (κ2) is 6.74. The third-order valence-corrected chi connectivity index (χ3v) is 2.86. The molecule has 1 aromatic rings. The summed E-state index contributed by atoms with van der Waals surface area (Å²) in [5.41, 5.74) is 6.90. The molecule has 17 heavy (non-hydrogen) atoms. The van der Waals surface area contributed by atoms with Gasteiger partial charge < -0.3 is 20.7 Å². The molecular formula is C12H24N4O. The van der Waals surface area contributed by atoms with Crippen molar-refractivity contribution < 1.29 is 5.11 Å². The van der Waals surface area contributed by atoms with Crippen LogP contribution in [-0.2, 0) is 6.54 Å². The molecule has 3 unspecified atom stereocenters. The highest BCUT2D eigenvalue weighted by molar-refractivity contribution is 5.06. The molecule has 0 saturated carbocycles. The zero-order valence-electron chi connectivity index (χ0n) is 10.9. The fourth-order valence-corrected chi connectivity index (χ4v) is 2.08. The molecule has 0 aliphatic heterocycles. The van der Waals surface area contributed by atoms with E-state index in [1.54, 1.807) is 6.92 Å². The predicted octanol–water partition coefficient (Wildman–Crippen LogP) is 0.652. The summed E-state index contributed by atoms with van der Waals surface area (Å²) in [4.78, 5) is 4.15. The molecule has 4 N–H and O–H groups in total. The van der Waals surface area contributed by atoms with E-state index in [2.05, 4.69) is 28.7 Å². The minimum absolute atomic E-state index is 0.0891. The van der Waals surface area contributed by atoms with E-state index in [-0.39, 0.29) is 18.2 Å². The monoisotopic (exact) mass is 240 g/mol. The largest absolute Gasteiger partial charge is 0.393 e. The molecule has 3 atom stereocenters. The molecule has 5 heteroatoms. The lowest BCUT2D eigenvalue weighted by molar-refractivity contribution is 0.167. The van der Waals surface area contributed by atoms with Gasteiger partial charge in [0, 0.05) is 25.3 Å². The van der Waals surface area contributed by atoms with Crippen molar-refractivity contribution in [2.24, 2.45) is 5.73 Å². The average molecular weight is 240 g/mol. The number of rotatable bonds is 7. The highest BCUT2D eigenvalue weighted by Gasteiger charge is 2.17. The average Bonchev–Trinajstić information content (AvgIpc) is 2.72. The van der Waals surface area contributed by atoms with E-state index in [1.165, 1.54) is 0 Å². The van der Waals surface area contributed by atoms with Crippen molar-refractivity contribution in [2.75, 3.05) is 6.54 Å². The van der Waals surface area contributed by atoms with Gasteiger partial charge in [0.25, 0.3) is 0 Å². The standard InChI is InChI=1S/C12H24N4O/c1-4-16-8-14-7-12(16)11(6-13)15-9(2)5-10(3)17/h7-11,15,17H,4-6,13H2,1-3H3. The minimum Gasteiger partial charge on any atom is -0.393 e. The summed E-state index contributed by atoms with van der Waals surface area (Å²) >= 11 is 0. The maximum atomic E-state index is 9.35. The number of hydrogen-bond donors (Lipinski definition) is 3. The van der Waals surface area contributed by atoms with Crippen LogP contribution in [0.5, 0.6) is 0 Å². The SMILES string of the molecule is CCn1cncc1C(CN)NC(C)CC(C)O. The van der Waals surface area contributed by atoms with Crippen LogP contribution in [0.25, 0.3) is 0 Å². The Hall–Kier alpha value is -0.910. The van der Waals surface area contributed by atoms with E-state index in [4.69, 9.17) is 5.73 Å². The predicted molar refractivity (Wildman–Crippen MR) is 68.6 cm³/mol. The first-order valence-corrected chi connectivity index (χ1v) is 6.22. The van der Waals surface area contributed by atoms with Crippen molar-refractivity contribution in [3.8, 4) is 0 Å². The smallest absolute Gasteiger partial charge is 0.0948 e. The Bertz CT molecular complexity index is 324. The van der Waals surface area contributed by atoms with Crippen LogP contribution in [0.3, 0.4) is 0 Å². The second-order valence-corrected chi connectivity index (χ2v) is 4.55. The molecule has 0 radical (unpaired) electrons. The first kappa shape index (κ1) is 14.2. The molecule has 98 valence electrons. The Morgan fingerprint density at radius 3 is 2.76 bits per heavy atom. The zero-order chi connectivity index (χ0) is 12.8. The quantitative estimate of drug-likeness (QED) is 0.654. The lowest BCUT2D eigenvalue weighted by Gasteiger charge is -2.23. The summed E-state index contributed by atoms with van der Waals surface area (Å²) in [6, 6.07) is 0.315. The Balaban J connectivity index is 2.65. The molecule has 0 bridgehead atoms. The van der Waals surface area contributed by atoms with Gasteiger partial charge in [0.05, 0.1) is 24.2 Å². The van der Waals surface area contributed by atoms with E-state index < -0.39 is 0 Å². The summed E-state index contributed by atoms with van der Waals surface area (Å²) in [5.74, 6) is 0. The van der Waals surface area contributed by atoms with Gasteiger partial charge in [-0.3, -0.25) is 0 Å². The molecular weight excluding hydrogens is 216 g/mol. The summed E-state index contributed by atoms with van der Waals surface area (Å²) < 4.78 is 2.08. The number of aliphatic hydroxyl groups excluding tert-OH is 1. The minimum atomic E-state index is -0.299.